The maximum atomic E-state index is 14.4. The van der Waals surface area contributed by atoms with Crippen LogP contribution in [-0.2, 0) is 6.42 Å². The summed E-state index contributed by atoms with van der Waals surface area (Å²) in [5.74, 6) is -1.01. The Kier molecular flexibility index (Phi) is 6.84. The van der Waals surface area contributed by atoms with Crippen LogP contribution in [0.3, 0.4) is 0 Å². The number of nitrogens with two attached hydrogens (primary N) is 1. The van der Waals surface area contributed by atoms with Gasteiger partial charge in [-0.25, -0.2) is 24.3 Å². The SMILES string of the molecule is CC1c2cnc(-c3ncccn3)nc2CCN1c1cc(F)c(F)c(OCCCCCN)c1. The molecule has 1 unspecified atom stereocenters. The minimum Gasteiger partial charge on any atom is -0.490 e. The lowest BCUT2D eigenvalue weighted by Gasteiger charge is -2.36. The Morgan fingerprint density at radius 1 is 1.09 bits per heavy atom. The number of rotatable bonds is 8. The fourth-order valence-electron chi connectivity index (χ4n) is 3.86. The van der Waals surface area contributed by atoms with Crippen LogP contribution < -0.4 is 15.4 Å². The molecule has 0 spiro atoms. The van der Waals surface area contributed by atoms with Crippen LogP contribution in [0.4, 0.5) is 14.5 Å². The van der Waals surface area contributed by atoms with Gasteiger partial charge in [0.15, 0.2) is 23.2 Å². The number of ether oxygens (including phenoxy) is 1. The number of hydrogen-bond acceptors (Lipinski definition) is 7. The second kappa shape index (κ2) is 9.95. The molecule has 2 aromatic heterocycles. The van der Waals surface area contributed by atoms with E-state index in [-0.39, 0.29) is 11.8 Å². The summed E-state index contributed by atoms with van der Waals surface area (Å²) in [7, 11) is 0. The van der Waals surface area contributed by atoms with Crippen molar-refractivity contribution in [3.8, 4) is 17.4 Å². The van der Waals surface area contributed by atoms with E-state index in [4.69, 9.17) is 10.5 Å². The number of nitrogens with zero attached hydrogens (tertiary/aromatic N) is 5. The monoisotopic (exact) mass is 440 g/mol. The van der Waals surface area contributed by atoms with Crippen molar-refractivity contribution < 1.29 is 13.5 Å². The van der Waals surface area contributed by atoms with E-state index >= 15 is 0 Å². The van der Waals surface area contributed by atoms with Crippen molar-refractivity contribution in [2.24, 2.45) is 5.73 Å². The number of fused-ring (bicyclic) bond motifs is 1. The van der Waals surface area contributed by atoms with E-state index in [1.165, 1.54) is 6.07 Å². The van der Waals surface area contributed by atoms with Gasteiger partial charge < -0.3 is 15.4 Å². The Balaban J connectivity index is 1.54. The van der Waals surface area contributed by atoms with Crippen LogP contribution in [0.5, 0.6) is 5.75 Å². The molecule has 0 amide bonds. The number of unbranched alkanes of at least 4 members (excludes halogenated alkanes) is 2. The molecule has 0 radical (unpaired) electrons. The number of halogens is 2. The lowest BCUT2D eigenvalue weighted by atomic mass is 9.98. The summed E-state index contributed by atoms with van der Waals surface area (Å²) < 4.78 is 34.2. The summed E-state index contributed by atoms with van der Waals surface area (Å²) in [6.07, 6.45) is 8.20. The molecule has 7 nitrogen and oxygen atoms in total. The molecule has 1 aliphatic rings. The Labute approximate surface area is 185 Å². The molecule has 0 saturated heterocycles. The van der Waals surface area contributed by atoms with Crippen molar-refractivity contribution in [3.05, 3.63) is 59.7 Å². The van der Waals surface area contributed by atoms with Crippen molar-refractivity contribution in [1.82, 2.24) is 19.9 Å². The molecule has 1 aliphatic heterocycles. The second-order valence-corrected chi connectivity index (χ2v) is 7.72. The maximum Gasteiger partial charge on any atom is 0.200 e. The summed E-state index contributed by atoms with van der Waals surface area (Å²) in [6, 6.07) is 4.40. The van der Waals surface area contributed by atoms with Crippen LogP contribution in [-0.4, -0.2) is 39.6 Å². The van der Waals surface area contributed by atoms with E-state index in [0.717, 1.165) is 30.5 Å². The average Bonchev–Trinajstić information content (AvgIpc) is 2.82. The molecule has 0 fully saturated rings. The summed E-state index contributed by atoms with van der Waals surface area (Å²) in [5, 5.41) is 0. The fraction of sp³-hybridized carbons (Fsp3) is 0.391. The van der Waals surface area contributed by atoms with Gasteiger partial charge in [0.05, 0.1) is 18.3 Å². The fourth-order valence-corrected chi connectivity index (χ4v) is 3.86. The first-order chi connectivity index (χ1) is 15.6. The molecule has 168 valence electrons. The minimum absolute atomic E-state index is 0.0708. The molecule has 4 rings (SSSR count). The van der Waals surface area contributed by atoms with Crippen molar-refractivity contribution in [1.29, 1.82) is 0 Å². The Morgan fingerprint density at radius 2 is 1.91 bits per heavy atom. The quantitative estimate of drug-likeness (QED) is 0.532. The molecular weight excluding hydrogens is 414 g/mol. The van der Waals surface area contributed by atoms with Crippen molar-refractivity contribution in [2.75, 3.05) is 24.6 Å². The number of aromatic nitrogens is 4. The zero-order chi connectivity index (χ0) is 22.5. The first kappa shape index (κ1) is 22.0. The van der Waals surface area contributed by atoms with E-state index in [0.29, 0.717) is 43.5 Å². The average molecular weight is 440 g/mol. The predicted molar refractivity (Wildman–Crippen MR) is 117 cm³/mol. The number of benzene rings is 1. The number of anilines is 1. The van der Waals surface area contributed by atoms with Crippen molar-refractivity contribution in [2.45, 2.75) is 38.6 Å². The summed E-state index contributed by atoms with van der Waals surface area (Å²) >= 11 is 0. The van der Waals surface area contributed by atoms with Gasteiger partial charge in [0.25, 0.3) is 0 Å². The molecule has 3 aromatic rings. The summed E-state index contributed by atoms with van der Waals surface area (Å²) in [4.78, 5) is 19.5. The lowest BCUT2D eigenvalue weighted by molar-refractivity contribution is 0.286. The largest absolute Gasteiger partial charge is 0.490 e. The standard InChI is InChI=1S/C23H26F2N6O/c1-15-17-14-29-23(22-27-8-5-9-28-22)30-19(17)6-10-31(15)16-12-18(24)21(25)20(13-16)32-11-4-2-3-7-26/h5,8-9,12-15H,2-4,6-7,10-11,26H2,1H3. The molecule has 32 heavy (non-hydrogen) atoms. The molecule has 1 atom stereocenters. The summed E-state index contributed by atoms with van der Waals surface area (Å²) in [6.45, 7) is 3.52. The van der Waals surface area contributed by atoms with Gasteiger partial charge in [0.1, 0.15) is 0 Å². The van der Waals surface area contributed by atoms with Crippen molar-refractivity contribution >= 4 is 5.69 Å². The van der Waals surface area contributed by atoms with Gasteiger partial charge in [-0.15, -0.1) is 0 Å². The van der Waals surface area contributed by atoms with Gasteiger partial charge in [-0.2, -0.15) is 4.39 Å². The van der Waals surface area contributed by atoms with Crippen LogP contribution >= 0.6 is 0 Å². The highest BCUT2D eigenvalue weighted by molar-refractivity contribution is 5.55. The third kappa shape index (κ3) is 4.67. The van der Waals surface area contributed by atoms with Gasteiger partial charge in [-0.05, 0) is 38.8 Å². The highest BCUT2D eigenvalue weighted by Crippen LogP contribution is 2.36. The third-order valence-corrected chi connectivity index (χ3v) is 5.59. The van der Waals surface area contributed by atoms with E-state index in [2.05, 4.69) is 19.9 Å². The van der Waals surface area contributed by atoms with Gasteiger partial charge in [-0.1, -0.05) is 0 Å². The second-order valence-electron chi connectivity index (χ2n) is 7.72. The molecule has 0 aliphatic carbocycles. The molecule has 9 heteroatoms. The Morgan fingerprint density at radius 3 is 2.69 bits per heavy atom. The first-order valence-electron chi connectivity index (χ1n) is 10.8. The molecule has 2 N–H and O–H groups in total. The Bertz CT molecular complexity index is 1070. The van der Waals surface area contributed by atoms with E-state index < -0.39 is 11.6 Å². The van der Waals surface area contributed by atoms with Gasteiger partial charge in [0, 0.05) is 54.9 Å². The zero-order valence-corrected chi connectivity index (χ0v) is 18.0. The molecule has 0 saturated carbocycles. The smallest absolute Gasteiger partial charge is 0.200 e. The number of hydrogen-bond donors (Lipinski definition) is 1. The molecule has 1 aromatic carbocycles. The van der Waals surface area contributed by atoms with Crippen LogP contribution in [0.25, 0.3) is 11.6 Å². The molecule has 3 heterocycles. The summed E-state index contributed by atoms with van der Waals surface area (Å²) in [5.41, 5.74) is 7.89. The van der Waals surface area contributed by atoms with Crippen LogP contribution in [0.15, 0.2) is 36.8 Å². The van der Waals surface area contributed by atoms with Gasteiger partial charge in [0.2, 0.25) is 5.82 Å². The van der Waals surface area contributed by atoms with Crippen LogP contribution in [0.1, 0.15) is 43.5 Å². The van der Waals surface area contributed by atoms with Crippen LogP contribution in [0, 0.1) is 11.6 Å². The maximum absolute atomic E-state index is 14.4. The molecule has 0 bridgehead atoms. The zero-order valence-electron chi connectivity index (χ0n) is 18.0. The predicted octanol–water partition coefficient (Wildman–Crippen LogP) is 3.84. The lowest BCUT2D eigenvalue weighted by Crippen LogP contribution is -2.35. The topological polar surface area (TPSA) is 90.0 Å². The van der Waals surface area contributed by atoms with E-state index in [9.17, 15) is 8.78 Å². The van der Waals surface area contributed by atoms with Gasteiger partial charge in [-0.3, -0.25) is 0 Å². The normalized spacial score (nSPS) is 15.5. The highest BCUT2D eigenvalue weighted by atomic mass is 19.2. The molecular formula is C23H26F2N6O. The third-order valence-electron chi connectivity index (χ3n) is 5.59. The van der Waals surface area contributed by atoms with E-state index in [1.807, 2.05) is 11.8 Å². The van der Waals surface area contributed by atoms with Crippen LogP contribution in [0.2, 0.25) is 0 Å². The minimum atomic E-state index is -0.964. The van der Waals surface area contributed by atoms with Gasteiger partial charge >= 0.3 is 0 Å². The Hall–Kier alpha value is -3.20. The highest BCUT2D eigenvalue weighted by Gasteiger charge is 2.28. The van der Waals surface area contributed by atoms with Crippen molar-refractivity contribution in [3.63, 3.8) is 0 Å². The first-order valence-corrected chi connectivity index (χ1v) is 10.8. The van der Waals surface area contributed by atoms with E-state index in [1.54, 1.807) is 30.7 Å².